The molecule has 14 heavy (non-hydrogen) atoms. The van der Waals surface area contributed by atoms with Gasteiger partial charge in [0.2, 0.25) is 0 Å². The van der Waals surface area contributed by atoms with E-state index < -0.39 is 0 Å². The Balaban J connectivity index is 2.93. The Morgan fingerprint density at radius 1 is 1.50 bits per heavy atom. The lowest BCUT2D eigenvalue weighted by Gasteiger charge is -1.97. The number of aryl methyl sites for hydroxylation is 2. The number of furan rings is 1. The Kier molecular flexibility index (Phi) is 3.75. The van der Waals surface area contributed by atoms with E-state index in [0.29, 0.717) is 0 Å². The third-order valence-corrected chi connectivity index (χ3v) is 2.22. The molecular formula is C13H18O. The second-order valence-electron chi connectivity index (χ2n) is 3.54. The molecule has 0 aromatic carbocycles. The van der Waals surface area contributed by atoms with Crippen LogP contribution in [0, 0.1) is 13.8 Å². The molecule has 0 aliphatic carbocycles. The average molecular weight is 190 g/mol. The lowest BCUT2D eigenvalue weighted by molar-refractivity contribution is 0.504. The van der Waals surface area contributed by atoms with Crippen molar-refractivity contribution < 1.29 is 4.42 Å². The molecule has 0 radical (unpaired) electrons. The van der Waals surface area contributed by atoms with E-state index in [4.69, 9.17) is 4.42 Å². The minimum Gasteiger partial charge on any atom is -0.466 e. The van der Waals surface area contributed by atoms with E-state index in [1.165, 1.54) is 11.1 Å². The molecule has 0 aliphatic rings. The highest BCUT2D eigenvalue weighted by Gasteiger charge is 2.01. The van der Waals surface area contributed by atoms with Gasteiger partial charge in [0.1, 0.15) is 11.5 Å². The maximum atomic E-state index is 5.46. The second kappa shape index (κ2) is 4.85. The van der Waals surface area contributed by atoms with Crippen molar-refractivity contribution in [2.24, 2.45) is 0 Å². The molecular weight excluding hydrogens is 172 g/mol. The number of allylic oxidation sites excluding steroid dienone is 2. The molecule has 0 fully saturated rings. The summed E-state index contributed by atoms with van der Waals surface area (Å²) in [4.78, 5) is 0. The van der Waals surface area contributed by atoms with E-state index in [9.17, 15) is 0 Å². The van der Waals surface area contributed by atoms with Gasteiger partial charge in [0.05, 0.1) is 0 Å². The summed E-state index contributed by atoms with van der Waals surface area (Å²) in [6, 6.07) is 2.06. The van der Waals surface area contributed by atoms with Crippen LogP contribution in [0.25, 0.3) is 6.08 Å². The fourth-order valence-corrected chi connectivity index (χ4v) is 1.52. The summed E-state index contributed by atoms with van der Waals surface area (Å²) in [6.07, 6.45) is 6.30. The van der Waals surface area contributed by atoms with Crippen LogP contribution in [-0.2, 0) is 0 Å². The summed E-state index contributed by atoms with van der Waals surface area (Å²) in [5.41, 5.74) is 2.45. The molecule has 0 amide bonds. The van der Waals surface area contributed by atoms with Gasteiger partial charge >= 0.3 is 0 Å². The lowest BCUT2D eigenvalue weighted by Crippen LogP contribution is -1.78. The van der Waals surface area contributed by atoms with Crippen LogP contribution in [-0.4, -0.2) is 0 Å². The van der Waals surface area contributed by atoms with Gasteiger partial charge in [-0.2, -0.15) is 0 Å². The highest BCUT2D eigenvalue weighted by molar-refractivity contribution is 5.57. The van der Waals surface area contributed by atoms with Crippen molar-refractivity contribution >= 4 is 6.08 Å². The lowest BCUT2D eigenvalue weighted by atomic mass is 10.1. The molecule has 1 aromatic rings. The highest BCUT2D eigenvalue weighted by atomic mass is 16.3. The molecule has 76 valence electrons. The van der Waals surface area contributed by atoms with Gasteiger partial charge in [-0.15, -0.1) is 0 Å². The van der Waals surface area contributed by atoms with E-state index in [2.05, 4.69) is 25.6 Å². The second-order valence-corrected chi connectivity index (χ2v) is 3.54. The molecule has 0 saturated carbocycles. The molecule has 0 saturated heterocycles. The Labute approximate surface area is 86.1 Å². The van der Waals surface area contributed by atoms with Gasteiger partial charge in [-0.05, 0) is 38.0 Å². The van der Waals surface area contributed by atoms with Crippen LogP contribution < -0.4 is 0 Å². The Bertz CT molecular complexity index is 342. The van der Waals surface area contributed by atoms with Crippen LogP contribution in [0.5, 0.6) is 0 Å². The molecule has 0 N–H and O–H groups in total. The zero-order valence-electron chi connectivity index (χ0n) is 9.26. The van der Waals surface area contributed by atoms with E-state index in [-0.39, 0.29) is 0 Å². The highest BCUT2D eigenvalue weighted by Crippen LogP contribution is 2.19. The first-order chi connectivity index (χ1) is 6.67. The minimum absolute atomic E-state index is 0.966. The van der Waals surface area contributed by atoms with E-state index in [1.54, 1.807) is 0 Å². The topological polar surface area (TPSA) is 13.1 Å². The quantitative estimate of drug-likeness (QED) is 0.646. The molecule has 0 atom stereocenters. The molecule has 0 spiro atoms. The van der Waals surface area contributed by atoms with Crippen LogP contribution in [0.1, 0.15) is 36.8 Å². The smallest absolute Gasteiger partial charge is 0.108 e. The van der Waals surface area contributed by atoms with Gasteiger partial charge in [-0.25, -0.2) is 0 Å². The van der Waals surface area contributed by atoms with Crippen LogP contribution >= 0.6 is 0 Å². The summed E-state index contributed by atoms with van der Waals surface area (Å²) >= 11 is 0. The van der Waals surface area contributed by atoms with E-state index in [0.717, 1.165) is 24.4 Å². The standard InChI is InChI=1S/C13H18O/c1-5-7-12(6-2)9-13-8-10(3)14-11(13)4/h6,8-9H,2,5,7H2,1,3-4H3/b12-9+. The van der Waals surface area contributed by atoms with Crippen molar-refractivity contribution in [2.45, 2.75) is 33.6 Å². The maximum Gasteiger partial charge on any atom is 0.108 e. The van der Waals surface area contributed by atoms with Gasteiger partial charge < -0.3 is 4.42 Å². The van der Waals surface area contributed by atoms with Crippen LogP contribution in [0.3, 0.4) is 0 Å². The minimum atomic E-state index is 0.966. The fourth-order valence-electron chi connectivity index (χ4n) is 1.52. The number of hydrogen-bond acceptors (Lipinski definition) is 1. The predicted molar refractivity (Wildman–Crippen MR) is 61.3 cm³/mol. The summed E-state index contributed by atoms with van der Waals surface area (Å²) in [6.45, 7) is 9.95. The largest absolute Gasteiger partial charge is 0.466 e. The first kappa shape index (κ1) is 10.8. The molecule has 1 rings (SSSR count). The van der Waals surface area contributed by atoms with Crippen molar-refractivity contribution in [3.8, 4) is 0 Å². The summed E-state index contributed by atoms with van der Waals surface area (Å²) < 4.78 is 5.46. The maximum absolute atomic E-state index is 5.46. The third kappa shape index (κ3) is 2.63. The van der Waals surface area contributed by atoms with Crippen molar-refractivity contribution in [3.05, 3.63) is 41.4 Å². The summed E-state index contributed by atoms with van der Waals surface area (Å²) in [7, 11) is 0. The molecule has 1 aromatic heterocycles. The first-order valence-electron chi connectivity index (χ1n) is 5.07. The van der Waals surface area contributed by atoms with Crippen LogP contribution in [0.15, 0.2) is 28.7 Å². The van der Waals surface area contributed by atoms with Gasteiger partial charge in [0.15, 0.2) is 0 Å². The molecule has 0 bridgehead atoms. The zero-order valence-corrected chi connectivity index (χ0v) is 9.26. The Morgan fingerprint density at radius 3 is 2.64 bits per heavy atom. The summed E-state index contributed by atoms with van der Waals surface area (Å²) in [5, 5.41) is 0. The van der Waals surface area contributed by atoms with Crippen molar-refractivity contribution in [2.75, 3.05) is 0 Å². The Morgan fingerprint density at radius 2 is 2.21 bits per heavy atom. The number of hydrogen-bond donors (Lipinski definition) is 0. The SMILES string of the molecule is C=C/C(=C\c1cc(C)oc1C)CCC. The monoisotopic (exact) mass is 190 g/mol. The van der Waals surface area contributed by atoms with Gasteiger partial charge in [0, 0.05) is 5.56 Å². The third-order valence-electron chi connectivity index (χ3n) is 2.22. The number of rotatable bonds is 4. The normalized spacial score (nSPS) is 11.8. The van der Waals surface area contributed by atoms with Gasteiger partial charge in [0.25, 0.3) is 0 Å². The molecule has 1 nitrogen and oxygen atoms in total. The van der Waals surface area contributed by atoms with Crippen molar-refractivity contribution in [1.82, 2.24) is 0 Å². The van der Waals surface area contributed by atoms with Crippen LogP contribution in [0.2, 0.25) is 0 Å². The van der Waals surface area contributed by atoms with E-state index in [1.807, 2.05) is 19.9 Å². The van der Waals surface area contributed by atoms with E-state index >= 15 is 0 Å². The van der Waals surface area contributed by atoms with Gasteiger partial charge in [-0.3, -0.25) is 0 Å². The molecule has 1 heterocycles. The summed E-state index contributed by atoms with van der Waals surface area (Å²) in [5.74, 6) is 1.95. The molecule has 0 unspecified atom stereocenters. The predicted octanol–water partition coefficient (Wildman–Crippen LogP) is 4.27. The van der Waals surface area contributed by atoms with Crippen molar-refractivity contribution in [1.29, 1.82) is 0 Å². The Hall–Kier alpha value is -1.24. The molecule has 1 heteroatoms. The average Bonchev–Trinajstić information content (AvgIpc) is 2.44. The fraction of sp³-hybridized carbons (Fsp3) is 0.385. The van der Waals surface area contributed by atoms with Crippen LogP contribution in [0.4, 0.5) is 0 Å². The first-order valence-corrected chi connectivity index (χ1v) is 5.07. The van der Waals surface area contributed by atoms with Gasteiger partial charge in [-0.1, -0.05) is 26.0 Å². The van der Waals surface area contributed by atoms with Crippen molar-refractivity contribution in [3.63, 3.8) is 0 Å². The zero-order chi connectivity index (χ0) is 10.6. The molecule has 0 aliphatic heterocycles.